The van der Waals surface area contributed by atoms with Gasteiger partial charge >= 0.3 is 0 Å². The first kappa shape index (κ1) is 12.1. The largest absolute Gasteiger partial charge is 0.772 e. The van der Waals surface area contributed by atoms with Crippen molar-refractivity contribution in [1.82, 2.24) is 10.2 Å². The summed E-state index contributed by atoms with van der Waals surface area (Å²) < 4.78 is 20.8. The van der Waals surface area contributed by atoms with Crippen LogP contribution in [-0.4, -0.2) is 52.1 Å². The highest BCUT2D eigenvalue weighted by molar-refractivity contribution is 7.79. The lowest BCUT2D eigenvalue weighted by Crippen LogP contribution is -2.35. The molecule has 2 unspecified atom stereocenters. The number of hydrogen-bond acceptors (Lipinski definition) is 4. The van der Waals surface area contributed by atoms with Crippen LogP contribution in [0.3, 0.4) is 0 Å². The Hall–Kier alpha value is 0.0300. The van der Waals surface area contributed by atoms with Crippen LogP contribution in [0.25, 0.3) is 0 Å². The van der Waals surface area contributed by atoms with Crippen LogP contribution >= 0.6 is 0 Å². The van der Waals surface area contributed by atoms with Gasteiger partial charge in [0.05, 0.1) is 0 Å². The van der Waals surface area contributed by atoms with Gasteiger partial charge in [0.15, 0.2) is 0 Å². The van der Waals surface area contributed by atoms with Crippen molar-refractivity contribution in [2.75, 3.05) is 32.4 Å². The van der Waals surface area contributed by atoms with Crippen molar-refractivity contribution in [3.63, 3.8) is 0 Å². The van der Waals surface area contributed by atoms with E-state index in [0.29, 0.717) is 12.6 Å². The number of nitrogens with zero attached hydrogens (tertiary/aromatic N) is 1. The molecule has 1 fully saturated rings. The number of rotatable bonds is 4. The molecule has 0 bridgehead atoms. The average Bonchev–Trinajstić information content (AvgIpc) is 2.42. The van der Waals surface area contributed by atoms with Crippen LogP contribution in [0, 0.1) is 0 Å². The summed E-state index contributed by atoms with van der Waals surface area (Å²) in [7, 11) is 2.02. The normalized spacial score (nSPS) is 26.1. The monoisotopic (exact) mass is 219 g/mol. The van der Waals surface area contributed by atoms with Gasteiger partial charge in [0.1, 0.15) is 0 Å². The van der Waals surface area contributed by atoms with E-state index in [1.54, 1.807) is 0 Å². The van der Waals surface area contributed by atoms with Crippen LogP contribution in [0.2, 0.25) is 0 Å². The summed E-state index contributed by atoms with van der Waals surface area (Å²) >= 11 is -1.90. The van der Waals surface area contributed by atoms with Crippen molar-refractivity contribution < 1.29 is 8.76 Å². The molecule has 1 N–H and O–H groups in total. The summed E-state index contributed by atoms with van der Waals surface area (Å²) in [5.74, 6) is 0.250. The van der Waals surface area contributed by atoms with Crippen LogP contribution in [0.1, 0.15) is 19.3 Å². The van der Waals surface area contributed by atoms with Gasteiger partial charge in [-0.15, -0.1) is 0 Å². The second-order valence-corrected chi connectivity index (χ2v) is 4.84. The van der Waals surface area contributed by atoms with Gasteiger partial charge in [0.2, 0.25) is 0 Å². The quantitative estimate of drug-likeness (QED) is 0.673. The van der Waals surface area contributed by atoms with Gasteiger partial charge in [-0.05, 0) is 39.4 Å². The Balaban J connectivity index is 2.26. The number of hydrogen-bond donors (Lipinski definition) is 1. The summed E-state index contributed by atoms with van der Waals surface area (Å²) in [5, 5.41) is 3.35. The second kappa shape index (κ2) is 6.50. The molecule has 0 aromatic heterocycles. The molecule has 1 rings (SSSR count). The summed E-state index contributed by atoms with van der Waals surface area (Å²) in [6.45, 7) is 2.80. The molecule has 0 aromatic rings. The fourth-order valence-corrected chi connectivity index (χ4v) is 2.28. The molecule has 1 heterocycles. The average molecular weight is 219 g/mol. The van der Waals surface area contributed by atoms with Gasteiger partial charge in [0, 0.05) is 18.3 Å². The van der Waals surface area contributed by atoms with Crippen LogP contribution in [0.15, 0.2) is 0 Å². The zero-order valence-electron chi connectivity index (χ0n) is 8.70. The summed E-state index contributed by atoms with van der Waals surface area (Å²) in [6.07, 6.45) is 3.49. The Morgan fingerprint density at radius 1 is 1.50 bits per heavy atom. The molecule has 4 nitrogen and oxygen atoms in total. The molecule has 14 heavy (non-hydrogen) atoms. The summed E-state index contributed by atoms with van der Waals surface area (Å²) in [5.41, 5.74) is 0. The molecular formula is C9H19N2O2S-. The molecule has 0 saturated carbocycles. The first-order chi connectivity index (χ1) is 6.70. The summed E-state index contributed by atoms with van der Waals surface area (Å²) in [4.78, 5) is 2.17. The molecule has 2 atom stereocenters. The molecule has 0 aromatic carbocycles. The van der Waals surface area contributed by atoms with Gasteiger partial charge < -0.3 is 14.8 Å². The van der Waals surface area contributed by atoms with E-state index in [9.17, 15) is 8.76 Å². The molecule has 84 valence electrons. The third-order valence-corrected chi connectivity index (χ3v) is 3.30. The Morgan fingerprint density at radius 3 is 3.00 bits per heavy atom. The third-order valence-electron chi connectivity index (χ3n) is 2.78. The van der Waals surface area contributed by atoms with E-state index in [-0.39, 0.29) is 5.75 Å². The smallest absolute Gasteiger partial charge is 0.0229 e. The van der Waals surface area contributed by atoms with Gasteiger partial charge in [-0.2, -0.15) is 0 Å². The van der Waals surface area contributed by atoms with Crippen molar-refractivity contribution in [3.8, 4) is 0 Å². The predicted molar refractivity (Wildman–Crippen MR) is 56.9 cm³/mol. The van der Waals surface area contributed by atoms with E-state index in [2.05, 4.69) is 10.2 Å². The minimum atomic E-state index is -1.90. The van der Waals surface area contributed by atoms with Crippen molar-refractivity contribution in [1.29, 1.82) is 0 Å². The van der Waals surface area contributed by atoms with Crippen molar-refractivity contribution in [3.05, 3.63) is 0 Å². The maximum atomic E-state index is 10.4. The first-order valence-electron chi connectivity index (χ1n) is 5.17. The van der Waals surface area contributed by atoms with E-state index < -0.39 is 11.1 Å². The lowest BCUT2D eigenvalue weighted by atomic mass is 10.1. The van der Waals surface area contributed by atoms with Crippen molar-refractivity contribution in [2.24, 2.45) is 0 Å². The first-order valence-corrected chi connectivity index (χ1v) is 6.41. The minimum Gasteiger partial charge on any atom is -0.772 e. The molecule has 1 aliphatic heterocycles. The molecule has 0 amide bonds. The zero-order valence-corrected chi connectivity index (χ0v) is 9.52. The van der Waals surface area contributed by atoms with E-state index >= 15 is 0 Å². The SMILES string of the molecule is CN(CCS(=O)[O-])C1CCCNCC1. The topological polar surface area (TPSA) is 55.4 Å². The highest BCUT2D eigenvalue weighted by Gasteiger charge is 2.15. The summed E-state index contributed by atoms with van der Waals surface area (Å²) in [6, 6.07) is 0.550. The molecule has 5 heteroatoms. The Morgan fingerprint density at radius 2 is 2.29 bits per heavy atom. The highest BCUT2D eigenvalue weighted by atomic mass is 32.2. The maximum absolute atomic E-state index is 10.4. The molecular weight excluding hydrogens is 200 g/mol. The van der Waals surface area contributed by atoms with Gasteiger partial charge in [-0.25, -0.2) is 0 Å². The van der Waals surface area contributed by atoms with Crippen molar-refractivity contribution >= 4 is 11.1 Å². The van der Waals surface area contributed by atoms with Gasteiger partial charge in [-0.1, -0.05) is 11.1 Å². The molecule has 0 radical (unpaired) electrons. The lowest BCUT2D eigenvalue weighted by molar-refractivity contribution is 0.236. The van der Waals surface area contributed by atoms with Crippen LogP contribution < -0.4 is 5.32 Å². The van der Waals surface area contributed by atoms with Crippen LogP contribution in [-0.2, 0) is 11.1 Å². The van der Waals surface area contributed by atoms with Gasteiger partial charge in [-0.3, -0.25) is 4.21 Å². The van der Waals surface area contributed by atoms with Crippen LogP contribution in [0.4, 0.5) is 0 Å². The van der Waals surface area contributed by atoms with E-state index in [4.69, 9.17) is 0 Å². The Labute approximate surface area is 88.3 Å². The standard InChI is InChI=1S/C9H20N2O2S/c1-11(7-8-14(12)13)9-3-2-5-10-6-4-9/h9-10H,2-8H2,1H3,(H,12,13)/p-1. The maximum Gasteiger partial charge on any atom is 0.0229 e. The molecule has 1 saturated heterocycles. The third kappa shape index (κ3) is 4.50. The zero-order chi connectivity index (χ0) is 10.4. The lowest BCUT2D eigenvalue weighted by Gasteiger charge is -2.27. The van der Waals surface area contributed by atoms with E-state index in [0.717, 1.165) is 19.5 Å². The van der Waals surface area contributed by atoms with Gasteiger partial charge in [0.25, 0.3) is 0 Å². The molecule has 0 aliphatic carbocycles. The van der Waals surface area contributed by atoms with E-state index in [1.165, 1.54) is 12.8 Å². The Kier molecular flexibility index (Phi) is 5.62. The fourth-order valence-electron chi connectivity index (χ4n) is 1.84. The fraction of sp³-hybridized carbons (Fsp3) is 1.00. The van der Waals surface area contributed by atoms with E-state index in [1.807, 2.05) is 7.05 Å². The molecule has 1 aliphatic rings. The minimum absolute atomic E-state index is 0.250. The van der Waals surface area contributed by atoms with Crippen molar-refractivity contribution in [2.45, 2.75) is 25.3 Å². The molecule has 0 spiro atoms. The Bertz CT molecular complexity index is 182. The predicted octanol–water partition coefficient (Wildman–Crippen LogP) is -0.0606. The highest BCUT2D eigenvalue weighted by Crippen LogP contribution is 2.11. The second-order valence-electron chi connectivity index (χ2n) is 3.82. The van der Waals surface area contributed by atoms with Crippen LogP contribution in [0.5, 0.6) is 0 Å². The number of nitrogens with one attached hydrogen (secondary N) is 1.